The molecular formula is C11H10F2N2O3. The molecule has 0 spiro atoms. The Bertz CT molecular complexity index is 568. The third-order valence-electron chi connectivity index (χ3n) is 2.21. The fourth-order valence-electron chi connectivity index (χ4n) is 1.50. The van der Waals surface area contributed by atoms with Crippen molar-refractivity contribution in [3.8, 4) is 5.75 Å². The monoisotopic (exact) mass is 256 g/mol. The maximum Gasteiger partial charge on any atom is 0.387 e. The molecule has 96 valence electrons. The summed E-state index contributed by atoms with van der Waals surface area (Å²) >= 11 is 0. The topological polar surface area (TPSA) is 52.8 Å². The third-order valence-corrected chi connectivity index (χ3v) is 2.21. The molecule has 2 aromatic heterocycles. The van der Waals surface area contributed by atoms with E-state index in [1.165, 1.54) is 29.0 Å². The first-order chi connectivity index (χ1) is 8.61. The van der Waals surface area contributed by atoms with Crippen LogP contribution in [0.2, 0.25) is 0 Å². The first kappa shape index (κ1) is 12.3. The molecule has 2 heterocycles. The Hall–Kier alpha value is -2.18. The summed E-state index contributed by atoms with van der Waals surface area (Å²) in [4.78, 5) is 11.6. The highest BCUT2D eigenvalue weighted by molar-refractivity contribution is 5.96. The van der Waals surface area contributed by atoms with E-state index in [1.807, 2.05) is 0 Å². The summed E-state index contributed by atoms with van der Waals surface area (Å²) in [7, 11) is 0. The molecule has 0 aliphatic carbocycles. The van der Waals surface area contributed by atoms with Crippen LogP contribution in [0.5, 0.6) is 5.75 Å². The van der Waals surface area contributed by atoms with Gasteiger partial charge in [0.25, 0.3) is 0 Å². The molecule has 0 amide bonds. The number of aromatic nitrogens is 2. The Kier molecular flexibility index (Phi) is 3.40. The van der Waals surface area contributed by atoms with Gasteiger partial charge in [0, 0.05) is 0 Å². The van der Waals surface area contributed by atoms with Gasteiger partial charge in [-0.15, -0.1) is 0 Å². The molecule has 18 heavy (non-hydrogen) atoms. The van der Waals surface area contributed by atoms with Crippen LogP contribution in [-0.2, 0) is 4.74 Å². The van der Waals surface area contributed by atoms with E-state index in [0.717, 1.165) is 0 Å². The second-order valence-corrected chi connectivity index (χ2v) is 3.35. The molecule has 0 N–H and O–H groups in total. The summed E-state index contributed by atoms with van der Waals surface area (Å²) in [5, 5.41) is 3.88. The number of alkyl halides is 2. The lowest BCUT2D eigenvalue weighted by Crippen LogP contribution is -2.05. The van der Waals surface area contributed by atoms with Crippen LogP contribution in [-0.4, -0.2) is 28.8 Å². The zero-order valence-electron chi connectivity index (χ0n) is 9.47. The van der Waals surface area contributed by atoms with Crippen molar-refractivity contribution in [2.45, 2.75) is 13.5 Å². The second-order valence-electron chi connectivity index (χ2n) is 3.35. The molecule has 7 heteroatoms. The zero-order valence-corrected chi connectivity index (χ0v) is 9.47. The Balaban J connectivity index is 2.34. The minimum Gasteiger partial charge on any atom is -0.462 e. The standard InChI is InChI=1S/C11H10F2N2O3/c1-2-17-10(16)8-5-14-15-6-7(18-11(12)13)3-4-9(8)15/h3-6,11H,2H2,1H3. The van der Waals surface area contributed by atoms with E-state index in [4.69, 9.17) is 4.74 Å². The Labute approximate surface area is 101 Å². The third kappa shape index (κ3) is 2.39. The zero-order chi connectivity index (χ0) is 13.1. The lowest BCUT2D eigenvalue weighted by molar-refractivity contribution is -0.0501. The predicted molar refractivity (Wildman–Crippen MR) is 57.8 cm³/mol. The number of hydrogen-bond acceptors (Lipinski definition) is 4. The summed E-state index contributed by atoms with van der Waals surface area (Å²) in [5.74, 6) is -0.536. The number of fused-ring (bicyclic) bond motifs is 1. The Morgan fingerprint density at radius 1 is 1.50 bits per heavy atom. The van der Waals surface area contributed by atoms with Gasteiger partial charge in [0.05, 0.1) is 24.5 Å². The van der Waals surface area contributed by atoms with E-state index < -0.39 is 12.6 Å². The fraction of sp³-hybridized carbons (Fsp3) is 0.273. The molecule has 0 aromatic carbocycles. The van der Waals surface area contributed by atoms with Crippen molar-refractivity contribution in [2.75, 3.05) is 6.61 Å². The summed E-state index contributed by atoms with van der Waals surface area (Å²) in [5.41, 5.74) is 0.746. The van der Waals surface area contributed by atoms with Crippen LogP contribution in [0.4, 0.5) is 8.78 Å². The molecular weight excluding hydrogens is 246 g/mol. The van der Waals surface area contributed by atoms with Crippen molar-refractivity contribution in [2.24, 2.45) is 0 Å². The van der Waals surface area contributed by atoms with Crippen LogP contribution >= 0.6 is 0 Å². The van der Waals surface area contributed by atoms with Crippen LogP contribution in [0.3, 0.4) is 0 Å². The van der Waals surface area contributed by atoms with E-state index in [-0.39, 0.29) is 17.9 Å². The second kappa shape index (κ2) is 4.99. The van der Waals surface area contributed by atoms with Crippen LogP contribution in [0.15, 0.2) is 24.5 Å². The average molecular weight is 256 g/mol. The molecule has 2 aromatic rings. The lowest BCUT2D eigenvalue weighted by Gasteiger charge is -2.04. The number of pyridine rings is 1. The number of hydrogen-bond donors (Lipinski definition) is 0. The van der Waals surface area contributed by atoms with E-state index in [2.05, 4.69) is 9.84 Å². The normalized spacial score (nSPS) is 10.9. The number of halogens is 2. The van der Waals surface area contributed by atoms with Crippen LogP contribution < -0.4 is 4.74 Å². The van der Waals surface area contributed by atoms with Crippen LogP contribution in [0.1, 0.15) is 17.3 Å². The summed E-state index contributed by atoms with van der Waals surface area (Å²) in [6.45, 7) is -0.955. The van der Waals surface area contributed by atoms with Crippen molar-refractivity contribution < 1.29 is 23.0 Å². The number of esters is 1. The lowest BCUT2D eigenvalue weighted by atomic mass is 10.2. The van der Waals surface area contributed by atoms with Gasteiger partial charge in [-0.1, -0.05) is 0 Å². The SMILES string of the molecule is CCOC(=O)c1cnn2cc(OC(F)F)ccc12. The van der Waals surface area contributed by atoms with Gasteiger partial charge in [-0.2, -0.15) is 13.9 Å². The van der Waals surface area contributed by atoms with Crippen molar-refractivity contribution in [1.82, 2.24) is 9.61 Å². The van der Waals surface area contributed by atoms with Gasteiger partial charge < -0.3 is 9.47 Å². The highest BCUT2D eigenvalue weighted by atomic mass is 19.3. The minimum absolute atomic E-state index is 0.0315. The summed E-state index contributed by atoms with van der Waals surface area (Å²) in [6, 6.07) is 2.81. The van der Waals surface area contributed by atoms with Gasteiger partial charge in [-0.3, -0.25) is 0 Å². The van der Waals surface area contributed by atoms with E-state index in [0.29, 0.717) is 5.52 Å². The number of carbonyl (C=O) groups excluding carboxylic acids is 1. The number of rotatable bonds is 4. The average Bonchev–Trinajstić information content (AvgIpc) is 2.71. The quantitative estimate of drug-likeness (QED) is 0.786. The summed E-state index contributed by atoms with van der Waals surface area (Å²) < 4.78 is 34.4. The van der Waals surface area contributed by atoms with Gasteiger partial charge >= 0.3 is 12.6 Å². The van der Waals surface area contributed by atoms with Crippen LogP contribution in [0.25, 0.3) is 5.52 Å². The molecule has 0 bridgehead atoms. The molecule has 5 nitrogen and oxygen atoms in total. The van der Waals surface area contributed by atoms with Gasteiger partial charge in [-0.05, 0) is 19.1 Å². The largest absolute Gasteiger partial charge is 0.462 e. The predicted octanol–water partition coefficient (Wildman–Crippen LogP) is 2.11. The van der Waals surface area contributed by atoms with Gasteiger partial charge in [0.1, 0.15) is 11.3 Å². The number of ether oxygens (including phenoxy) is 2. The number of nitrogens with zero attached hydrogens (tertiary/aromatic N) is 2. The van der Waals surface area contributed by atoms with Crippen molar-refractivity contribution in [1.29, 1.82) is 0 Å². The molecule has 0 atom stereocenters. The van der Waals surface area contributed by atoms with Crippen molar-refractivity contribution in [3.63, 3.8) is 0 Å². The number of carbonyl (C=O) groups is 1. The maximum absolute atomic E-state index is 12.0. The first-order valence-electron chi connectivity index (χ1n) is 5.21. The van der Waals surface area contributed by atoms with Crippen LogP contribution in [0, 0.1) is 0 Å². The molecule has 2 rings (SSSR count). The highest BCUT2D eigenvalue weighted by Crippen LogP contribution is 2.18. The first-order valence-corrected chi connectivity index (χ1v) is 5.21. The van der Waals surface area contributed by atoms with E-state index >= 15 is 0 Å². The molecule has 0 saturated carbocycles. The molecule has 0 saturated heterocycles. The summed E-state index contributed by atoms with van der Waals surface area (Å²) in [6.07, 6.45) is 2.59. The minimum atomic E-state index is -2.90. The maximum atomic E-state index is 12.0. The van der Waals surface area contributed by atoms with E-state index in [9.17, 15) is 13.6 Å². The molecule has 0 aliphatic heterocycles. The smallest absolute Gasteiger partial charge is 0.387 e. The molecule has 0 aliphatic rings. The Morgan fingerprint density at radius 2 is 2.28 bits per heavy atom. The molecule has 0 fully saturated rings. The van der Waals surface area contributed by atoms with Gasteiger partial charge in [-0.25, -0.2) is 9.31 Å². The van der Waals surface area contributed by atoms with Crippen molar-refractivity contribution >= 4 is 11.5 Å². The molecule has 0 radical (unpaired) electrons. The molecule has 0 unspecified atom stereocenters. The van der Waals surface area contributed by atoms with Crippen molar-refractivity contribution in [3.05, 3.63) is 30.1 Å². The van der Waals surface area contributed by atoms with Gasteiger partial charge in [0.15, 0.2) is 0 Å². The van der Waals surface area contributed by atoms with E-state index in [1.54, 1.807) is 6.92 Å². The highest BCUT2D eigenvalue weighted by Gasteiger charge is 2.14. The fourth-order valence-corrected chi connectivity index (χ4v) is 1.50. The Morgan fingerprint density at radius 3 is 2.94 bits per heavy atom. The van der Waals surface area contributed by atoms with Gasteiger partial charge in [0.2, 0.25) is 0 Å².